The van der Waals surface area contributed by atoms with Gasteiger partial charge in [-0.05, 0) is 109 Å². The fourth-order valence-electron chi connectivity index (χ4n) is 7.31. The van der Waals surface area contributed by atoms with E-state index < -0.39 is 0 Å². The van der Waals surface area contributed by atoms with Crippen LogP contribution in [0.5, 0.6) is 17.2 Å². The van der Waals surface area contributed by atoms with E-state index in [2.05, 4.69) is 18.7 Å². The molecule has 4 aliphatic rings. The number of phenols is 3. The molecule has 0 spiro atoms. The number of rotatable bonds is 3. The van der Waals surface area contributed by atoms with Crippen molar-refractivity contribution in [3.63, 3.8) is 0 Å². The predicted octanol–water partition coefficient (Wildman–Crippen LogP) is 6.62. The van der Waals surface area contributed by atoms with Crippen LogP contribution in [0.15, 0.2) is 49.0 Å². The lowest BCUT2D eigenvalue weighted by Gasteiger charge is -2.57. The van der Waals surface area contributed by atoms with Gasteiger partial charge in [0.2, 0.25) is 0 Å². The number of hydrogen-bond donors (Lipinski definition) is 4. The topological polar surface area (TPSA) is 80.9 Å². The van der Waals surface area contributed by atoms with Gasteiger partial charge in [0.05, 0.1) is 0 Å². The molecule has 0 heterocycles. The molecule has 3 aromatic carbocycles. The first-order valence-corrected chi connectivity index (χ1v) is 11.5. The number of aliphatic hydroxyl groups excluding tert-OH is 1. The van der Waals surface area contributed by atoms with Crippen molar-refractivity contribution < 1.29 is 20.4 Å². The van der Waals surface area contributed by atoms with Crippen LogP contribution in [0.2, 0.25) is 0 Å². The summed E-state index contributed by atoms with van der Waals surface area (Å²) in [5.74, 6) is 2.41. The van der Waals surface area contributed by atoms with Gasteiger partial charge in [0.1, 0.15) is 23.0 Å². The summed E-state index contributed by atoms with van der Waals surface area (Å²) in [7, 11) is 0. The molecule has 7 rings (SSSR count). The third kappa shape index (κ3) is 2.89. The quantitative estimate of drug-likeness (QED) is 0.353. The van der Waals surface area contributed by atoms with E-state index >= 15 is 0 Å². The molecule has 4 aliphatic carbocycles. The van der Waals surface area contributed by atoms with Crippen LogP contribution in [0.4, 0.5) is 0 Å². The van der Waals surface area contributed by atoms with Gasteiger partial charge >= 0.3 is 0 Å². The van der Waals surface area contributed by atoms with Gasteiger partial charge in [-0.15, -0.1) is 0 Å². The van der Waals surface area contributed by atoms with Crippen molar-refractivity contribution in [2.75, 3.05) is 0 Å². The summed E-state index contributed by atoms with van der Waals surface area (Å²) in [6, 6.07) is 12.4. The van der Waals surface area contributed by atoms with Crippen LogP contribution in [0, 0.1) is 17.8 Å². The Hall–Kier alpha value is -3.14. The van der Waals surface area contributed by atoms with Crippen molar-refractivity contribution in [3.05, 3.63) is 60.2 Å². The molecule has 0 atom stereocenters. The lowest BCUT2D eigenvalue weighted by Crippen LogP contribution is -2.48. The molecule has 0 aliphatic heterocycles. The molecule has 0 unspecified atom stereocenters. The van der Waals surface area contributed by atoms with Crippen molar-refractivity contribution in [2.45, 2.75) is 43.9 Å². The van der Waals surface area contributed by atoms with Crippen LogP contribution in [-0.4, -0.2) is 20.4 Å². The minimum atomic E-state index is -0.174. The summed E-state index contributed by atoms with van der Waals surface area (Å²) in [6.45, 7) is 3.50. The van der Waals surface area contributed by atoms with Crippen LogP contribution >= 0.6 is 0 Å². The minimum absolute atomic E-state index is 0.0180. The van der Waals surface area contributed by atoms with Gasteiger partial charge in [-0.1, -0.05) is 12.6 Å². The van der Waals surface area contributed by atoms with Crippen LogP contribution in [0.25, 0.3) is 27.7 Å². The Kier molecular flexibility index (Phi) is 4.08. The second-order valence-electron chi connectivity index (χ2n) is 10.5. The maximum absolute atomic E-state index is 10.7. The molecule has 4 fully saturated rings. The van der Waals surface area contributed by atoms with Crippen molar-refractivity contribution in [3.8, 4) is 28.4 Å². The van der Waals surface area contributed by atoms with E-state index in [1.54, 1.807) is 24.3 Å². The second-order valence-corrected chi connectivity index (χ2v) is 10.5. The zero-order chi connectivity index (χ0) is 22.2. The largest absolute Gasteiger partial charge is 0.508 e. The molecule has 4 bridgehead atoms. The van der Waals surface area contributed by atoms with Gasteiger partial charge in [0, 0.05) is 21.9 Å². The Balaban J connectivity index is 1.47. The monoisotopic (exact) mass is 428 g/mol. The maximum Gasteiger partial charge on any atom is 0.124 e. The summed E-state index contributed by atoms with van der Waals surface area (Å²) in [5, 5.41) is 42.6. The van der Waals surface area contributed by atoms with Crippen molar-refractivity contribution in [1.29, 1.82) is 0 Å². The number of hydrogen-bond acceptors (Lipinski definition) is 4. The highest BCUT2D eigenvalue weighted by molar-refractivity contribution is 5.98. The van der Waals surface area contributed by atoms with Gasteiger partial charge in [-0.2, -0.15) is 0 Å². The van der Waals surface area contributed by atoms with Gasteiger partial charge in [0.15, 0.2) is 0 Å². The molecular weight excluding hydrogens is 400 g/mol. The predicted molar refractivity (Wildman–Crippen MR) is 126 cm³/mol. The van der Waals surface area contributed by atoms with Crippen LogP contribution < -0.4 is 0 Å². The van der Waals surface area contributed by atoms with E-state index in [-0.39, 0.29) is 28.4 Å². The van der Waals surface area contributed by atoms with Crippen molar-refractivity contribution >= 4 is 16.5 Å². The normalized spacial score (nSPS) is 28.3. The molecular formula is C28H28O4. The van der Waals surface area contributed by atoms with Crippen LogP contribution in [0.1, 0.15) is 49.7 Å². The van der Waals surface area contributed by atoms with Crippen molar-refractivity contribution in [2.24, 2.45) is 17.8 Å². The number of benzene rings is 3. The van der Waals surface area contributed by atoms with Gasteiger partial charge in [-0.3, -0.25) is 0 Å². The summed E-state index contributed by atoms with van der Waals surface area (Å²) >= 11 is 0. The first kappa shape index (κ1) is 19.5. The Labute approximate surface area is 187 Å². The molecule has 0 aromatic heterocycles. The Morgan fingerprint density at radius 1 is 0.750 bits per heavy atom. The molecule has 0 saturated heterocycles. The second kappa shape index (κ2) is 6.68. The van der Waals surface area contributed by atoms with E-state index in [0.717, 1.165) is 17.8 Å². The molecule has 32 heavy (non-hydrogen) atoms. The number of fused-ring (bicyclic) bond motifs is 1. The average Bonchev–Trinajstić information content (AvgIpc) is 2.73. The number of aromatic hydroxyl groups is 3. The van der Waals surface area contributed by atoms with Crippen molar-refractivity contribution in [1.82, 2.24) is 0 Å². The number of aliphatic hydroxyl groups is 1. The SMILES string of the molecule is C=C(O)c1cc(O)c2cc(-c3cc(C45CC6CC(CC(C6)C4)C5)ccc3O)cc(O)c2c1. The minimum Gasteiger partial charge on any atom is -0.508 e. The highest BCUT2D eigenvalue weighted by Gasteiger charge is 2.51. The summed E-state index contributed by atoms with van der Waals surface area (Å²) in [4.78, 5) is 0. The third-order valence-corrected chi connectivity index (χ3v) is 8.32. The van der Waals surface area contributed by atoms with E-state index in [9.17, 15) is 20.4 Å². The summed E-state index contributed by atoms with van der Waals surface area (Å²) in [6.07, 6.45) is 7.85. The smallest absolute Gasteiger partial charge is 0.124 e. The molecule has 4 nitrogen and oxygen atoms in total. The first-order valence-electron chi connectivity index (χ1n) is 11.5. The third-order valence-electron chi connectivity index (χ3n) is 8.32. The molecule has 3 aromatic rings. The molecule has 4 N–H and O–H groups in total. The lowest BCUT2D eigenvalue weighted by atomic mass is 9.48. The highest BCUT2D eigenvalue weighted by Crippen LogP contribution is 2.61. The van der Waals surface area contributed by atoms with E-state index in [1.165, 1.54) is 50.2 Å². The van der Waals surface area contributed by atoms with Crippen LogP contribution in [-0.2, 0) is 5.41 Å². The fourth-order valence-corrected chi connectivity index (χ4v) is 7.31. The molecule has 4 heteroatoms. The average molecular weight is 429 g/mol. The summed E-state index contributed by atoms with van der Waals surface area (Å²) < 4.78 is 0. The summed E-state index contributed by atoms with van der Waals surface area (Å²) in [5.41, 5.74) is 3.18. The lowest BCUT2D eigenvalue weighted by molar-refractivity contribution is -0.00518. The molecule has 0 amide bonds. The van der Waals surface area contributed by atoms with Gasteiger partial charge < -0.3 is 20.4 Å². The fraction of sp³-hybridized carbons (Fsp3) is 0.357. The molecule has 164 valence electrons. The Morgan fingerprint density at radius 2 is 1.34 bits per heavy atom. The zero-order valence-electron chi connectivity index (χ0n) is 18.0. The standard InChI is InChI=1S/C28H28O4/c1-15(29)19-7-23-24(26(31)9-19)8-20(10-27(23)32)22-11-21(2-3-25(22)30)28-12-16-4-17(13-28)6-18(5-16)14-28/h2-3,7-11,16-18,29-32H,1,4-6,12-14H2. The van der Waals surface area contributed by atoms with Gasteiger partial charge in [0.25, 0.3) is 0 Å². The molecule has 4 saturated carbocycles. The van der Waals surface area contributed by atoms with E-state index in [0.29, 0.717) is 27.5 Å². The molecule has 0 radical (unpaired) electrons. The van der Waals surface area contributed by atoms with Crippen LogP contribution in [0.3, 0.4) is 0 Å². The Morgan fingerprint density at radius 3 is 1.97 bits per heavy atom. The zero-order valence-corrected chi connectivity index (χ0v) is 18.0. The first-order chi connectivity index (χ1) is 15.3. The maximum atomic E-state index is 10.7. The highest BCUT2D eigenvalue weighted by atomic mass is 16.3. The van der Waals surface area contributed by atoms with Gasteiger partial charge in [-0.25, -0.2) is 0 Å². The van der Waals surface area contributed by atoms with E-state index in [1.807, 2.05) is 0 Å². The van der Waals surface area contributed by atoms with E-state index in [4.69, 9.17) is 0 Å². The Bertz CT molecular complexity index is 1240. The number of phenolic OH excluding ortho intramolecular Hbond substituents is 3.